The van der Waals surface area contributed by atoms with Crippen LogP contribution in [-0.2, 0) is 0 Å². The number of hydrogen-bond donors (Lipinski definition) is 1. The Bertz CT molecular complexity index is 316. The molecule has 0 aliphatic carbocycles. The van der Waals surface area contributed by atoms with E-state index in [2.05, 4.69) is 22.2 Å². The molecule has 5 nitrogen and oxygen atoms in total. The van der Waals surface area contributed by atoms with Crippen molar-refractivity contribution in [1.82, 2.24) is 9.97 Å². The van der Waals surface area contributed by atoms with Crippen LogP contribution in [0.25, 0.3) is 0 Å². The molecular weight excluding hydrogens is 192 g/mol. The van der Waals surface area contributed by atoms with E-state index in [1.54, 1.807) is 13.4 Å². The molecule has 1 heterocycles. The van der Waals surface area contributed by atoms with Gasteiger partial charge in [0.05, 0.1) is 7.11 Å². The van der Waals surface area contributed by atoms with Crippen LogP contribution in [0.15, 0.2) is 6.33 Å². The van der Waals surface area contributed by atoms with E-state index in [1.165, 1.54) is 0 Å². The summed E-state index contributed by atoms with van der Waals surface area (Å²) in [5, 5.41) is 3.14. The van der Waals surface area contributed by atoms with Crippen LogP contribution in [0.4, 0.5) is 11.6 Å². The molecule has 0 unspecified atom stereocenters. The van der Waals surface area contributed by atoms with Gasteiger partial charge in [0.15, 0.2) is 11.6 Å². The monoisotopic (exact) mass is 210 g/mol. The Morgan fingerprint density at radius 1 is 1.40 bits per heavy atom. The molecule has 84 valence electrons. The highest BCUT2D eigenvalue weighted by Crippen LogP contribution is 2.30. The lowest BCUT2D eigenvalue weighted by molar-refractivity contribution is 0.413. The quantitative estimate of drug-likeness (QED) is 0.795. The lowest BCUT2D eigenvalue weighted by atomic mass is 10.4. The fourth-order valence-electron chi connectivity index (χ4n) is 1.27. The van der Waals surface area contributed by atoms with E-state index in [4.69, 9.17) is 4.74 Å². The maximum Gasteiger partial charge on any atom is 0.204 e. The normalized spacial score (nSPS) is 9.87. The lowest BCUT2D eigenvalue weighted by Gasteiger charge is -2.19. The molecule has 0 radical (unpaired) electrons. The molecule has 1 rings (SSSR count). The molecule has 5 heteroatoms. The summed E-state index contributed by atoms with van der Waals surface area (Å²) in [7, 11) is 3.60. The Labute approximate surface area is 90.5 Å². The van der Waals surface area contributed by atoms with Gasteiger partial charge in [-0.3, -0.25) is 0 Å². The topological polar surface area (TPSA) is 50.3 Å². The third-order valence-corrected chi connectivity index (χ3v) is 2.17. The maximum absolute atomic E-state index is 5.32. The molecule has 0 fully saturated rings. The van der Waals surface area contributed by atoms with Crippen molar-refractivity contribution in [3.8, 4) is 5.75 Å². The Morgan fingerprint density at radius 2 is 2.13 bits per heavy atom. The Kier molecular flexibility index (Phi) is 4.15. The van der Waals surface area contributed by atoms with Crippen LogP contribution in [0.1, 0.15) is 13.8 Å². The summed E-state index contributed by atoms with van der Waals surface area (Å²) in [5.41, 5.74) is 0. The zero-order chi connectivity index (χ0) is 11.3. The number of methoxy groups -OCH3 is 1. The van der Waals surface area contributed by atoms with Crippen LogP contribution < -0.4 is 15.0 Å². The van der Waals surface area contributed by atoms with Gasteiger partial charge in [0, 0.05) is 20.1 Å². The molecule has 0 aliphatic heterocycles. The van der Waals surface area contributed by atoms with Gasteiger partial charge < -0.3 is 15.0 Å². The van der Waals surface area contributed by atoms with Gasteiger partial charge in [-0.1, -0.05) is 0 Å². The number of rotatable bonds is 5. The number of nitrogens with one attached hydrogen (secondary N) is 1. The highest BCUT2D eigenvalue weighted by Gasteiger charge is 2.13. The Hall–Kier alpha value is -1.52. The highest BCUT2D eigenvalue weighted by molar-refractivity contribution is 5.64. The number of ether oxygens (including phenoxy) is 1. The Morgan fingerprint density at radius 3 is 2.67 bits per heavy atom. The zero-order valence-electron chi connectivity index (χ0n) is 9.74. The molecule has 1 aromatic rings. The van der Waals surface area contributed by atoms with E-state index >= 15 is 0 Å². The molecule has 15 heavy (non-hydrogen) atoms. The summed E-state index contributed by atoms with van der Waals surface area (Å²) < 4.78 is 5.32. The molecule has 1 N–H and O–H groups in total. The average Bonchev–Trinajstić information content (AvgIpc) is 2.28. The van der Waals surface area contributed by atoms with Crippen molar-refractivity contribution in [1.29, 1.82) is 0 Å². The minimum absolute atomic E-state index is 0.698. The summed E-state index contributed by atoms with van der Waals surface area (Å²) in [5.74, 6) is 2.25. The SMILES string of the molecule is CCNc1ncnc(N(C)CC)c1OC. The van der Waals surface area contributed by atoms with Crippen LogP contribution in [-0.4, -0.2) is 37.2 Å². The van der Waals surface area contributed by atoms with Gasteiger partial charge in [-0.05, 0) is 13.8 Å². The van der Waals surface area contributed by atoms with E-state index in [0.29, 0.717) is 5.75 Å². The lowest BCUT2D eigenvalue weighted by Crippen LogP contribution is -2.19. The number of anilines is 2. The van der Waals surface area contributed by atoms with E-state index in [-0.39, 0.29) is 0 Å². The molecular formula is C10H18N4O. The first-order chi connectivity index (χ1) is 7.24. The van der Waals surface area contributed by atoms with Crippen LogP contribution >= 0.6 is 0 Å². The van der Waals surface area contributed by atoms with E-state index in [9.17, 15) is 0 Å². The summed E-state index contributed by atoms with van der Waals surface area (Å²) in [6, 6.07) is 0. The number of nitrogens with zero attached hydrogens (tertiary/aromatic N) is 3. The van der Waals surface area contributed by atoms with Gasteiger partial charge >= 0.3 is 0 Å². The zero-order valence-corrected chi connectivity index (χ0v) is 9.74. The van der Waals surface area contributed by atoms with Crippen molar-refractivity contribution in [2.45, 2.75) is 13.8 Å². The van der Waals surface area contributed by atoms with Crippen LogP contribution in [0.2, 0.25) is 0 Å². The molecule has 0 saturated heterocycles. The predicted octanol–water partition coefficient (Wildman–Crippen LogP) is 1.37. The first kappa shape index (κ1) is 11.6. The molecule has 1 aromatic heterocycles. The van der Waals surface area contributed by atoms with Crippen LogP contribution in [0, 0.1) is 0 Å². The van der Waals surface area contributed by atoms with Crippen molar-refractivity contribution < 1.29 is 4.74 Å². The third kappa shape index (κ3) is 2.49. The molecule has 0 aromatic carbocycles. The Balaban J connectivity index is 3.09. The van der Waals surface area contributed by atoms with Crippen molar-refractivity contribution in [2.75, 3.05) is 37.5 Å². The first-order valence-corrected chi connectivity index (χ1v) is 5.08. The number of aromatic nitrogens is 2. The van der Waals surface area contributed by atoms with Crippen LogP contribution in [0.3, 0.4) is 0 Å². The molecule has 0 aliphatic rings. The van der Waals surface area contributed by atoms with E-state index in [1.807, 2.05) is 18.9 Å². The molecule has 0 spiro atoms. The molecule has 0 saturated carbocycles. The summed E-state index contributed by atoms with van der Waals surface area (Å²) >= 11 is 0. The van der Waals surface area contributed by atoms with Crippen molar-refractivity contribution in [3.63, 3.8) is 0 Å². The number of hydrogen-bond acceptors (Lipinski definition) is 5. The maximum atomic E-state index is 5.32. The van der Waals surface area contributed by atoms with Gasteiger partial charge in [0.1, 0.15) is 6.33 Å². The van der Waals surface area contributed by atoms with Crippen molar-refractivity contribution >= 4 is 11.6 Å². The second-order valence-corrected chi connectivity index (χ2v) is 3.12. The smallest absolute Gasteiger partial charge is 0.204 e. The summed E-state index contributed by atoms with van der Waals surface area (Å²) in [4.78, 5) is 10.4. The van der Waals surface area contributed by atoms with Gasteiger partial charge in [0.25, 0.3) is 0 Å². The minimum atomic E-state index is 0.698. The molecule has 0 bridgehead atoms. The van der Waals surface area contributed by atoms with E-state index < -0.39 is 0 Å². The first-order valence-electron chi connectivity index (χ1n) is 5.08. The second-order valence-electron chi connectivity index (χ2n) is 3.12. The van der Waals surface area contributed by atoms with Gasteiger partial charge in [-0.15, -0.1) is 0 Å². The van der Waals surface area contributed by atoms with Crippen molar-refractivity contribution in [3.05, 3.63) is 6.33 Å². The van der Waals surface area contributed by atoms with Gasteiger partial charge in [-0.2, -0.15) is 0 Å². The van der Waals surface area contributed by atoms with Crippen LogP contribution in [0.5, 0.6) is 5.75 Å². The fourth-order valence-corrected chi connectivity index (χ4v) is 1.27. The van der Waals surface area contributed by atoms with Gasteiger partial charge in [0.2, 0.25) is 5.75 Å². The van der Waals surface area contributed by atoms with E-state index in [0.717, 1.165) is 24.7 Å². The van der Waals surface area contributed by atoms with Gasteiger partial charge in [-0.25, -0.2) is 9.97 Å². The molecule has 0 atom stereocenters. The molecule has 0 amide bonds. The van der Waals surface area contributed by atoms with Crippen molar-refractivity contribution in [2.24, 2.45) is 0 Å². The average molecular weight is 210 g/mol. The standard InChI is InChI=1S/C10H18N4O/c1-5-11-9-8(15-4)10(13-7-12-9)14(3)6-2/h7H,5-6H2,1-4H3,(H,11,12,13). The largest absolute Gasteiger partial charge is 0.490 e. The summed E-state index contributed by atoms with van der Waals surface area (Å²) in [6.07, 6.45) is 1.54. The third-order valence-electron chi connectivity index (χ3n) is 2.17. The second kappa shape index (κ2) is 5.38. The fraction of sp³-hybridized carbons (Fsp3) is 0.600. The minimum Gasteiger partial charge on any atom is -0.490 e. The predicted molar refractivity (Wildman–Crippen MR) is 61.7 cm³/mol. The highest BCUT2D eigenvalue weighted by atomic mass is 16.5. The summed E-state index contributed by atoms with van der Waals surface area (Å²) in [6.45, 7) is 5.76.